The second kappa shape index (κ2) is 4.79. The van der Waals surface area contributed by atoms with Gasteiger partial charge in [-0.15, -0.1) is 0 Å². The number of benzene rings is 1. The van der Waals surface area contributed by atoms with Crippen LogP contribution >= 0.6 is 0 Å². The largest absolute Gasteiger partial charge is 1.00 e. The minimum Gasteiger partial charge on any atom is -0.410 e. The Labute approximate surface area is 140 Å². The Balaban J connectivity index is 0.00000108. The zero-order valence-corrected chi connectivity index (χ0v) is 12.6. The third kappa shape index (κ3) is 1.99. The van der Waals surface area contributed by atoms with Crippen molar-refractivity contribution in [2.45, 2.75) is 19.0 Å². The van der Waals surface area contributed by atoms with Crippen LogP contribution in [0.2, 0.25) is 0 Å². The van der Waals surface area contributed by atoms with E-state index < -0.39 is 6.04 Å². The predicted molar refractivity (Wildman–Crippen MR) is 58.5 cm³/mol. The van der Waals surface area contributed by atoms with E-state index in [1.165, 1.54) is 4.57 Å². The number of ketones is 1. The van der Waals surface area contributed by atoms with E-state index in [4.69, 9.17) is 5.73 Å². The van der Waals surface area contributed by atoms with Crippen LogP contribution in [0.15, 0.2) is 23.0 Å². The number of aryl methyl sites for hydroxylation is 1. The smallest absolute Gasteiger partial charge is 0.410 e. The summed E-state index contributed by atoms with van der Waals surface area (Å²) in [5, 5.41) is 0. The molecule has 0 saturated carbocycles. The minimum absolute atomic E-state index is 0. The van der Waals surface area contributed by atoms with Crippen molar-refractivity contribution in [3.05, 3.63) is 34.2 Å². The summed E-state index contributed by atoms with van der Waals surface area (Å²) in [6.45, 7) is 0.458. The number of Topliss-reactive ketones (excluding diaryl/α,β-unsaturated/α-hetero) is 1. The third-order valence-electron chi connectivity index (χ3n) is 3.00. The molecule has 1 aliphatic heterocycles. The zero-order valence-electron chi connectivity index (χ0n) is 9.51. The summed E-state index contributed by atoms with van der Waals surface area (Å²) >= 11 is 0. The average Bonchev–Trinajstić information content (AvgIpc) is 2.53. The summed E-state index contributed by atoms with van der Waals surface area (Å²) < 4.78 is 1.54. The van der Waals surface area contributed by atoms with Gasteiger partial charge < -0.3 is 15.3 Å². The van der Waals surface area contributed by atoms with Gasteiger partial charge in [-0.1, -0.05) is 18.2 Å². The average molecular weight is 255 g/mol. The zero-order chi connectivity index (χ0) is 11.3. The van der Waals surface area contributed by atoms with E-state index in [1.807, 2.05) is 0 Å². The predicted octanol–water partition coefficient (Wildman–Crippen LogP) is -3.12. The first kappa shape index (κ1) is 13.2. The molecule has 0 saturated heterocycles. The number of nitrogens with two attached hydrogens (primary N) is 1. The second-order valence-corrected chi connectivity index (χ2v) is 3.98. The SMILES string of the molecule is N[C@@H]1CCn2c(=O)[n-]c3cccc(c32)C1=O.[K+]. The number of carbonyl (C=O) groups is 1. The molecule has 2 aromatic rings. The fourth-order valence-corrected chi connectivity index (χ4v) is 2.17. The molecule has 2 N–H and O–H groups in total. The summed E-state index contributed by atoms with van der Waals surface area (Å²) in [6, 6.07) is 4.64. The van der Waals surface area contributed by atoms with Crippen LogP contribution in [0.4, 0.5) is 0 Å². The Kier molecular flexibility index (Phi) is 3.72. The van der Waals surface area contributed by atoms with E-state index in [-0.39, 0.29) is 62.9 Å². The van der Waals surface area contributed by atoms with Gasteiger partial charge in [-0.05, 0) is 24.0 Å². The van der Waals surface area contributed by atoms with Crippen LogP contribution in [0.3, 0.4) is 0 Å². The minimum atomic E-state index is -0.523. The van der Waals surface area contributed by atoms with Gasteiger partial charge in [-0.25, -0.2) is 0 Å². The maximum absolute atomic E-state index is 12.0. The molecule has 2 heterocycles. The molecule has 5 nitrogen and oxygen atoms in total. The van der Waals surface area contributed by atoms with Crippen LogP contribution in [0.25, 0.3) is 11.0 Å². The maximum Gasteiger partial charge on any atom is 1.00 e. The van der Waals surface area contributed by atoms with E-state index >= 15 is 0 Å². The Morgan fingerprint density at radius 2 is 2.12 bits per heavy atom. The van der Waals surface area contributed by atoms with E-state index in [2.05, 4.69) is 4.98 Å². The van der Waals surface area contributed by atoms with Gasteiger partial charge in [-0.2, -0.15) is 0 Å². The van der Waals surface area contributed by atoms with Gasteiger partial charge in [0.15, 0.2) is 11.5 Å². The molecule has 0 unspecified atom stereocenters. The molecule has 6 heteroatoms. The summed E-state index contributed by atoms with van der Waals surface area (Å²) in [5.74, 6) is -0.107. The first-order valence-corrected chi connectivity index (χ1v) is 5.14. The molecule has 0 amide bonds. The number of rotatable bonds is 0. The van der Waals surface area contributed by atoms with Crippen molar-refractivity contribution in [1.29, 1.82) is 0 Å². The molecular formula is C11H10KN3O2. The number of hydrogen-bond acceptors (Lipinski definition) is 3. The molecule has 0 fully saturated rings. The molecule has 3 rings (SSSR count). The van der Waals surface area contributed by atoms with Crippen molar-refractivity contribution in [1.82, 2.24) is 9.55 Å². The summed E-state index contributed by atoms with van der Waals surface area (Å²) in [7, 11) is 0. The van der Waals surface area contributed by atoms with Gasteiger partial charge in [0.05, 0.1) is 6.04 Å². The van der Waals surface area contributed by atoms with Gasteiger partial charge in [0.2, 0.25) is 0 Å². The van der Waals surface area contributed by atoms with Crippen molar-refractivity contribution in [3.63, 3.8) is 0 Å². The first-order chi connectivity index (χ1) is 7.68. The van der Waals surface area contributed by atoms with Crippen molar-refractivity contribution in [3.8, 4) is 0 Å². The summed E-state index contributed by atoms with van der Waals surface area (Å²) in [5.41, 5.74) is 7.17. The summed E-state index contributed by atoms with van der Waals surface area (Å²) in [4.78, 5) is 27.5. The van der Waals surface area contributed by atoms with Crippen molar-refractivity contribution in [2.24, 2.45) is 5.73 Å². The molecule has 1 atom stereocenters. The number of nitrogens with zero attached hydrogens (tertiary/aromatic N) is 2. The van der Waals surface area contributed by atoms with Crippen LogP contribution < -0.4 is 67.8 Å². The van der Waals surface area contributed by atoms with Gasteiger partial charge in [-0.3, -0.25) is 9.59 Å². The Hall–Kier alpha value is -0.244. The Bertz CT molecular complexity index is 644. The summed E-state index contributed by atoms with van der Waals surface area (Å²) in [6.07, 6.45) is 0.480. The standard InChI is InChI=1S/C11H11N3O2.K/c12-7-4-5-14-9-6(10(7)15)2-1-3-8(9)13-11(14)16;/h1-3,7H,4-5,12H2,(H,13,16);/q;+1/p-1/t7-;/m1./s1. The monoisotopic (exact) mass is 255 g/mol. The molecule has 1 aromatic heterocycles. The van der Waals surface area contributed by atoms with E-state index in [9.17, 15) is 9.59 Å². The molecule has 0 bridgehead atoms. The molecule has 1 aliphatic rings. The van der Waals surface area contributed by atoms with Crippen molar-refractivity contribution >= 4 is 16.8 Å². The van der Waals surface area contributed by atoms with Crippen LogP contribution in [0.1, 0.15) is 16.8 Å². The van der Waals surface area contributed by atoms with Gasteiger partial charge >= 0.3 is 51.4 Å². The van der Waals surface area contributed by atoms with Gasteiger partial charge in [0.1, 0.15) is 0 Å². The fourth-order valence-electron chi connectivity index (χ4n) is 2.17. The van der Waals surface area contributed by atoms with E-state index in [0.29, 0.717) is 29.6 Å². The van der Waals surface area contributed by atoms with E-state index in [0.717, 1.165) is 0 Å². The van der Waals surface area contributed by atoms with Gasteiger partial charge in [0.25, 0.3) is 0 Å². The quantitative estimate of drug-likeness (QED) is 0.505. The van der Waals surface area contributed by atoms with Crippen LogP contribution in [-0.4, -0.2) is 16.4 Å². The fraction of sp³-hybridized carbons (Fsp3) is 0.273. The van der Waals surface area contributed by atoms with Crippen LogP contribution in [0.5, 0.6) is 0 Å². The molecule has 0 aliphatic carbocycles. The topological polar surface area (TPSA) is 79.2 Å². The van der Waals surface area contributed by atoms with E-state index in [1.54, 1.807) is 18.2 Å². The van der Waals surface area contributed by atoms with Crippen LogP contribution in [0, 0.1) is 0 Å². The number of imidazole rings is 1. The molecule has 17 heavy (non-hydrogen) atoms. The third-order valence-corrected chi connectivity index (χ3v) is 3.00. The maximum atomic E-state index is 12.0. The normalized spacial score (nSPS) is 18.9. The molecule has 0 radical (unpaired) electrons. The molecule has 1 aromatic carbocycles. The number of hydrogen-bond donors (Lipinski definition) is 1. The van der Waals surface area contributed by atoms with Crippen molar-refractivity contribution in [2.75, 3.05) is 0 Å². The second-order valence-electron chi connectivity index (χ2n) is 3.98. The van der Waals surface area contributed by atoms with Crippen LogP contribution in [-0.2, 0) is 6.54 Å². The molecule has 0 spiro atoms. The molecule has 82 valence electrons. The Morgan fingerprint density at radius 3 is 2.88 bits per heavy atom. The Morgan fingerprint density at radius 1 is 1.35 bits per heavy atom. The molecular weight excluding hydrogens is 245 g/mol. The first-order valence-electron chi connectivity index (χ1n) is 5.14. The van der Waals surface area contributed by atoms with Crippen molar-refractivity contribution < 1.29 is 56.2 Å². The number of aromatic nitrogens is 2. The number of carbonyl (C=O) groups excluding carboxylic acids is 1. The van der Waals surface area contributed by atoms with Gasteiger partial charge in [0, 0.05) is 5.56 Å². The number of para-hydroxylation sites is 1.